The van der Waals surface area contributed by atoms with Crippen molar-refractivity contribution in [2.24, 2.45) is 0 Å². The van der Waals surface area contributed by atoms with Gasteiger partial charge in [-0.1, -0.05) is 0 Å². The molecule has 2 rings (SSSR count). The molecule has 4 nitrogen and oxygen atoms in total. The lowest BCUT2D eigenvalue weighted by Gasteiger charge is -2.16. The van der Waals surface area contributed by atoms with E-state index in [2.05, 4.69) is 0 Å². The van der Waals surface area contributed by atoms with E-state index < -0.39 is 5.82 Å². The molecule has 0 spiro atoms. The van der Waals surface area contributed by atoms with Crippen molar-refractivity contribution in [3.63, 3.8) is 0 Å². The number of halogens is 1. The summed E-state index contributed by atoms with van der Waals surface area (Å²) >= 11 is 0. The molecule has 19 heavy (non-hydrogen) atoms. The monoisotopic (exact) mass is 263 g/mol. The van der Waals surface area contributed by atoms with Gasteiger partial charge in [-0.05, 0) is 30.3 Å². The lowest BCUT2D eigenvalue weighted by Crippen LogP contribution is -2.26. The van der Waals surface area contributed by atoms with Crippen LogP contribution < -0.4 is 4.74 Å². The van der Waals surface area contributed by atoms with Gasteiger partial charge in [0, 0.05) is 12.6 Å². The van der Waals surface area contributed by atoms with E-state index in [0.29, 0.717) is 12.3 Å². The molecule has 1 aromatic heterocycles. The van der Waals surface area contributed by atoms with E-state index in [1.54, 1.807) is 25.4 Å². The van der Waals surface area contributed by atoms with E-state index >= 15 is 0 Å². The van der Waals surface area contributed by atoms with Crippen LogP contribution in [0.15, 0.2) is 41.0 Å². The molecule has 0 aliphatic carbocycles. The first-order valence-corrected chi connectivity index (χ1v) is 5.73. The Bertz CT molecular complexity index is 566. The molecule has 5 heteroatoms. The molecular formula is C14H14FNO3. The molecule has 1 amide bonds. The third-order valence-electron chi connectivity index (χ3n) is 2.72. The van der Waals surface area contributed by atoms with Crippen molar-refractivity contribution in [1.82, 2.24) is 4.90 Å². The van der Waals surface area contributed by atoms with Crippen LogP contribution in [0.5, 0.6) is 5.75 Å². The van der Waals surface area contributed by atoms with Gasteiger partial charge in [-0.2, -0.15) is 0 Å². The third-order valence-corrected chi connectivity index (χ3v) is 2.72. The largest absolute Gasteiger partial charge is 0.494 e. The maximum absolute atomic E-state index is 13.5. The zero-order valence-corrected chi connectivity index (χ0v) is 10.7. The van der Waals surface area contributed by atoms with Crippen LogP contribution in [0.2, 0.25) is 0 Å². The van der Waals surface area contributed by atoms with E-state index in [9.17, 15) is 9.18 Å². The molecule has 1 heterocycles. The molecule has 0 saturated carbocycles. The fourth-order valence-electron chi connectivity index (χ4n) is 1.73. The summed E-state index contributed by atoms with van der Waals surface area (Å²) in [5.41, 5.74) is 0.271. The average Bonchev–Trinajstić information content (AvgIpc) is 2.90. The van der Waals surface area contributed by atoms with Gasteiger partial charge in [0.1, 0.15) is 5.76 Å². The Kier molecular flexibility index (Phi) is 3.85. The van der Waals surface area contributed by atoms with E-state index in [1.165, 1.54) is 30.2 Å². The fraction of sp³-hybridized carbons (Fsp3) is 0.214. The minimum absolute atomic E-state index is 0.116. The number of amides is 1. The Balaban J connectivity index is 2.12. The zero-order valence-electron chi connectivity index (χ0n) is 10.7. The maximum Gasteiger partial charge on any atom is 0.254 e. The molecule has 0 saturated heterocycles. The summed E-state index contributed by atoms with van der Waals surface area (Å²) in [6.45, 7) is 0.333. The number of benzene rings is 1. The second-order valence-corrected chi connectivity index (χ2v) is 4.09. The zero-order chi connectivity index (χ0) is 13.8. The summed E-state index contributed by atoms with van der Waals surface area (Å²) in [7, 11) is 3.01. The summed E-state index contributed by atoms with van der Waals surface area (Å²) in [5, 5.41) is 0. The molecule has 0 fully saturated rings. The molecule has 1 aromatic carbocycles. The van der Waals surface area contributed by atoms with Crippen LogP contribution in [0.1, 0.15) is 16.1 Å². The van der Waals surface area contributed by atoms with Crippen LogP contribution >= 0.6 is 0 Å². The van der Waals surface area contributed by atoms with Gasteiger partial charge in [-0.25, -0.2) is 4.39 Å². The highest BCUT2D eigenvalue weighted by atomic mass is 19.1. The molecule has 0 aliphatic rings. The predicted molar refractivity (Wildman–Crippen MR) is 67.5 cm³/mol. The molecule has 0 unspecified atom stereocenters. The topological polar surface area (TPSA) is 42.7 Å². The number of furan rings is 1. The standard InChI is InChI=1S/C14H14FNO3/c1-16(9-11-4-3-7-19-11)14(17)10-5-6-13(18-2)12(15)8-10/h3-8H,9H2,1-2H3. The van der Waals surface area contributed by atoms with Gasteiger partial charge in [-0.15, -0.1) is 0 Å². The normalized spacial score (nSPS) is 10.3. The molecular weight excluding hydrogens is 249 g/mol. The van der Waals surface area contributed by atoms with Crippen molar-refractivity contribution in [2.45, 2.75) is 6.54 Å². The van der Waals surface area contributed by atoms with Gasteiger partial charge < -0.3 is 14.1 Å². The van der Waals surface area contributed by atoms with Crippen molar-refractivity contribution in [3.05, 3.63) is 53.7 Å². The number of nitrogens with zero attached hydrogens (tertiary/aromatic N) is 1. The predicted octanol–water partition coefficient (Wildman–Crippen LogP) is 2.70. The molecule has 0 atom stereocenters. The quantitative estimate of drug-likeness (QED) is 0.851. The first kappa shape index (κ1) is 13.1. The molecule has 2 aromatic rings. The second-order valence-electron chi connectivity index (χ2n) is 4.09. The number of carbonyl (C=O) groups excluding carboxylic acids is 1. The van der Waals surface area contributed by atoms with Gasteiger partial charge in [-0.3, -0.25) is 4.79 Å². The highest BCUT2D eigenvalue weighted by Crippen LogP contribution is 2.19. The van der Waals surface area contributed by atoms with Crippen LogP contribution in [0.25, 0.3) is 0 Å². The first-order chi connectivity index (χ1) is 9.11. The van der Waals surface area contributed by atoms with Crippen LogP contribution in [-0.4, -0.2) is 25.0 Å². The smallest absolute Gasteiger partial charge is 0.254 e. The van der Waals surface area contributed by atoms with Gasteiger partial charge >= 0.3 is 0 Å². The van der Waals surface area contributed by atoms with Crippen LogP contribution in [0, 0.1) is 5.82 Å². The fourth-order valence-corrected chi connectivity index (χ4v) is 1.73. The Hall–Kier alpha value is -2.30. The number of rotatable bonds is 4. The third kappa shape index (κ3) is 2.93. The minimum atomic E-state index is -0.556. The lowest BCUT2D eigenvalue weighted by molar-refractivity contribution is 0.0775. The van der Waals surface area contributed by atoms with Crippen molar-refractivity contribution in [2.75, 3.05) is 14.2 Å². The number of hydrogen-bond donors (Lipinski definition) is 0. The summed E-state index contributed by atoms with van der Waals surface area (Å²) in [6.07, 6.45) is 1.54. The van der Waals surface area contributed by atoms with Crippen molar-refractivity contribution in [1.29, 1.82) is 0 Å². The highest BCUT2D eigenvalue weighted by Gasteiger charge is 2.15. The van der Waals surface area contributed by atoms with Crippen LogP contribution in [0.4, 0.5) is 4.39 Å². The number of carbonyl (C=O) groups is 1. The van der Waals surface area contributed by atoms with Crippen LogP contribution in [-0.2, 0) is 6.54 Å². The minimum Gasteiger partial charge on any atom is -0.494 e. The summed E-state index contributed by atoms with van der Waals surface area (Å²) < 4.78 is 23.5. The van der Waals surface area contributed by atoms with E-state index in [-0.39, 0.29) is 17.2 Å². The van der Waals surface area contributed by atoms with E-state index in [4.69, 9.17) is 9.15 Å². The van der Waals surface area contributed by atoms with Crippen molar-refractivity contribution < 1.29 is 18.3 Å². The van der Waals surface area contributed by atoms with Crippen molar-refractivity contribution in [3.8, 4) is 5.75 Å². The Labute approximate surface area is 110 Å². The average molecular weight is 263 g/mol. The highest BCUT2D eigenvalue weighted by molar-refractivity contribution is 5.94. The number of ether oxygens (including phenoxy) is 1. The van der Waals surface area contributed by atoms with Gasteiger partial charge in [0.15, 0.2) is 11.6 Å². The van der Waals surface area contributed by atoms with E-state index in [0.717, 1.165) is 0 Å². The lowest BCUT2D eigenvalue weighted by atomic mass is 10.2. The first-order valence-electron chi connectivity index (χ1n) is 5.73. The molecule has 0 radical (unpaired) electrons. The molecule has 0 bridgehead atoms. The Morgan fingerprint density at radius 3 is 2.79 bits per heavy atom. The number of hydrogen-bond acceptors (Lipinski definition) is 3. The van der Waals surface area contributed by atoms with Gasteiger partial charge in [0.2, 0.25) is 0 Å². The molecule has 0 aliphatic heterocycles. The molecule has 0 N–H and O–H groups in total. The van der Waals surface area contributed by atoms with Gasteiger partial charge in [0.05, 0.1) is 19.9 Å². The SMILES string of the molecule is COc1ccc(C(=O)N(C)Cc2ccco2)cc1F. The Morgan fingerprint density at radius 1 is 1.42 bits per heavy atom. The maximum atomic E-state index is 13.5. The number of methoxy groups -OCH3 is 1. The molecule has 100 valence electrons. The van der Waals surface area contributed by atoms with E-state index in [1.807, 2.05) is 0 Å². The summed E-state index contributed by atoms with van der Waals surface area (Å²) in [4.78, 5) is 13.6. The second kappa shape index (κ2) is 5.56. The van der Waals surface area contributed by atoms with Gasteiger partial charge in [0.25, 0.3) is 5.91 Å². The van der Waals surface area contributed by atoms with Crippen LogP contribution in [0.3, 0.4) is 0 Å². The summed E-state index contributed by atoms with van der Waals surface area (Å²) in [5.74, 6) is -0.0484. The van der Waals surface area contributed by atoms with Crippen molar-refractivity contribution >= 4 is 5.91 Å². The Morgan fingerprint density at radius 2 is 2.21 bits per heavy atom. The summed E-state index contributed by atoms with van der Waals surface area (Å²) in [6, 6.07) is 7.66.